The van der Waals surface area contributed by atoms with Gasteiger partial charge in [0, 0.05) is 6.61 Å². The third kappa shape index (κ3) is 4.49. The van der Waals surface area contributed by atoms with Gasteiger partial charge in [-0.1, -0.05) is 31.2 Å². The Balaban J connectivity index is 2.48. The van der Waals surface area contributed by atoms with Crippen LogP contribution in [0.3, 0.4) is 0 Å². The second-order valence-corrected chi connectivity index (χ2v) is 3.71. The van der Waals surface area contributed by atoms with E-state index in [0.29, 0.717) is 0 Å². The van der Waals surface area contributed by atoms with E-state index in [2.05, 4.69) is 26.0 Å². The highest BCUT2D eigenvalue weighted by molar-refractivity contribution is 5.50. The van der Waals surface area contributed by atoms with E-state index in [4.69, 9.17) is 9.47 Å². The van der Waals surface area contributed by atoms with Crippen LogP contribution in [0.5, 0.6) is 5.75 Å². The van der Waals surface area contributed by atoms with E-state index < -0.39 is 0 Å². The molecule has 88 valence electrons. The molecule has 0 spiro atoms. The quantitative estimate of drug-likeness (QED) is 0.730. The first-order chi connectivity index (χ1) is 7.76. The van der Waals surface area contributed by atoms with Crippen LogP contribution in [-0.4, -0.2) is 19.8 Å². The summed E-state index contributed by atoms with van der Waals surface area (Å²) in [6, 6.07) is 7.97. The molecular weight excluding hydrogens is 200 g/mol. The van der Waals surface area contributed by atoms with Crippen molar-refractivity contribution in [2.45, 2.75) is 26.4 Å². The van der Waals surface area contributed by atoms with Crippen molar-refractivity contribution < 1.29 is 9.47 Å². The normalized spacial score (nSPS) is 12.9. The van der Waals surface area contributed by atoms with E-state index in [-0.39, 0.29) is 6.10 Å². The molecule has 1 unspecified atom stereocenters. The Kier molecular flexibility index (Phi) is 5.65. The van der Waals surface area contributed by atoms with Crippen molar-refractivity contribution in [1.82, 2.24) is 0 Å². The molecule has 1 aromatic rings. The van der Waals surface area contributed by atoms with Crippen molar-refractivity contribution >= 4 is 6.08 Å². The molecule has 1 rings (SSSR count). The minimum atomic E-state index is 0.169. The molecule has 2 heteroatoms. The Bertz CT molecular complexity index is 314. The van der Waals surface area contributed by atoms with Crippen LogP contribution in [0.15, 0.2) is 30.3 Å². The van der Waals surface area contributed by atoms with Crippen LogP contribution in [0.2, 0.25) is 0 Å². The van der Waals surface area contributed by atoms with Gasteiger partial charge in [0.2, 0.25) is 0 Å². The molecule has 0 aliphatic heterocycles. The largest absolute Gasteiger partial charge is 0.497 e. The van der Waals surface area contributed by atoms with Gasteiger partial charge in [0.25, 0.3) is 0 Å². The van der Waals surface area contributed by atoms with Gasteiger partial charge in [-0.3, -0.25) is 0 Å². The first-order valence-corrected chi connectivity index (χ1v) is 5.70. The topological polar surface area (TPSA) is 18.5 Å². The predicted molar refractivity (Wildman–Crippen MR) is 67.7 cm³/mol. The molecule has 0 radical (unpaired) electrons. The zero-order valence-corrected chi connectivity index (χ0v) is 10.3. The molecule has 1 atom stereocenters. The average Bonchev–Trinajstić information content (AvgIpc) is 2.34. The van der Waals surface area contributed by atoms with Gasteiger partial charge in [0.15, 0.2) is 0 Å². The fraction of sp³-hybridized carbons (Fsp3) is 0.429. The fourth-order valence-electron chi connectivity index (χ4n) is 1.32. The summed E-state index contributed by atoms with van der Waals surface area (Å²) in [5, 5.41) is 0. The Hall–Kier alpha value is -1.28. The van der Waals surface area contributed by atoms with E-state index in [9.17, 15) is 0 Å². The van der Waals surface area contributed by atoms with Crippen molar-refractivity contribution in [2.24, 2.45) is 0 Å². The lowest BCUT2D eigenvalue weighted by Gasteiger charge is -2.06. The van der Waals surface area contributed by atoms with Crippen LogP contribution in [-0.2, 0) is 4.74 Å². The minimum Gasteiger partial charge on any atom is -0.497 e. The lowest BCUT2D eigenvalue weighted by molar-refractivity contribution is 0.0985. The third-order valence-electron chi connectivity index (χ3n) is 2.26. The zero-order chi connectivity index (χ0) is 11.8. The smallest absolute Gasteiger partial charge is 0.118 e. The number of rotatable bonds is 6. The SMILES string of the molecule is CCCOC(C)/C=C/c1ccc(OC)cc1. The molecule has 1 aromatic carbocycles. The maximum absolute atomic E-state index is 5.55. The maximum Gasteiger partial charge on any atom is 0.118 e. The highest BCUT2D eigenvalue weighted by atomic mass is 16.5. The average molecular weight is 220 g/mol. The second kappa shape index (κ2) is 7.07. The summed E-state index contributed by atoms with van der Waals surface area (Å²) in [4.78, 5) is 0. The van der Waals surface area contributed by atoms with Crippen molar-refractivity contribution in [1.29, 1.82) is 0 Å². The summed E-state index contributed by atoms with van der Waals surface area (Å²) >= 11 is 0. The maximum atomic E-state index is 5.55. The van der Waals surface area contributed by atoms with Crippen LogP contribution in [0, 0.1) is 0 Å². The van der Waals surface area contributed by atoms with E-state index >= 15 is 0 Å². The second-order valence-electron chi connectivity index (χ2n) is 3.71. The zero-order valence-electron chi connectivity index (χ0n) is 10.3. The molecular formula is C14H20O2. The van der Waals surface area contributed by atoms with E-state index in [0.717, 1.165) is 24.3 Å². The molecule has 0 aromatic heterocycles. The molecule has 0 fully saturated rings. The van der Waals surface area contributed by atoms with Gasteiger partial charge < -0.3 is 9.47 Å². The first-order valence-electron chi connectivity index (χ1n) is 5.70. The highest BCUT2D eigenvalue weighted by Crippen LogP contribution is 2.12. The number of hydrogen-bond donors (Lipinski definition) is 0. The highest BCUT2D eigenvalue weighted by Gasteiger charge is 1.95. The molecule has 0 N–H and O–H groups in total. The monoisotopic (exact) mass is 220 g/mol. The van der Waals surface area contributed by atoms with Crippen molar-refractivity contribution in [3.8, 4) is 5.75 Å². The van der Waals surface area contributed by atoms with Crippen molar-refractivity contribution in [2.75, 3.05) is 13.7 Å². The molecule has 2 nitrogen and oxygen atoms in total. The number of methoxy groups -OCH3 is 1. The standard InChI is InChI=1S/C14H20O2/c1-4-11-16-12(2)5-6-13-7-9-14(15-3)10-8-13/h5-10,12H,4,11H2,1-3H3/b6-5+. The van der Waals surface area contributed by atoms with E-state index in [1.165, 1.54) is 0 Å². The lowest BCUT2D eigenvalue weighted by Crippen LogP contribution is -2.04. The van der Waals surface area contributed by atoms with Gasteiger partial charge in [0.05, 0.1) is 13.2 Å². The van der Waals surface area contributed by atoms with Crippen LogP contribution in [0.1, 0.15) is 25.8 Å². The Morgan fingerprint density at radius 2 is 1.94 bits per heavy atom. The van der Waals surface area contributed by atoms with Gasteiger partial charge >= 0.3 is 0 Å². The third-order valence-corrected chi connectivity index (χ3v) is 2.26. The summed E-state index contributed by atoms with van der Waals surface area (Å²) in [5.41, 5.74) is 1.16. The summed E-state index contributed by atoms with van der Waals surface area (Å²) in [6.45, 7) is 4.98. The van der Waals surface area contributed by atoms with Crippen LogP contribution < -0.4 is 4.74 Å². The summed E-state index contributed by atoms with van der Waals surface area (Å²) in [6.07, 6.45) is 5.36. The van der Waals surface area contributed by atoms with Gasteiger partial charge in [-0.25, -0.2) is 0 Å². The molecule has 0 bridgehead atoms. The molecule has 16 heavy (non-hydrogen) atoms. The van der Waals surface area contributed by atoms with E-state index in [1.54, 1.807) is 7.11 Å². The van der Waals surface area contributed by atoms with Gasteiger partial charge in [-0.05, 0) is 31.0 Å². The molecule has 0 saturated heterocycles. The predicted octanol–water partition coefficient (Wildman–Crippen LogP) is 3.52. The molecule has 0 aliphatic carbocycles. The van der Waals surface area contributed by atoms with Crippen LogP contribution in [0.25, 0.3) is 6.08 Å². The summed E-state index contributed by atoms with van der Waals surface area (Å²) < 4.78 is 10.6. The van der Waals surface area contributed by atoms with Gasteiger partial charge in [0.1, 0.15) is 5.75 Å². The number of ether oxygens (including phenoxy) is 2. The van der Waals surface area contributed by atoms with Crippen LogP contribution in [0.4, 0.5) is 0 Å². The number of benzene rings is 1. The molecule has 0 saturated carbocycles. The van der Waals surface area contributed by atoms with Gasteiger partial charge in [-0.15, -0.1) is 0 Å². The number of hydrogen-bond acceptors (Lipinski definition) is 2. The van der Waals surface area contributed by atoms with Crippen molar-refractivity contribution in [3.05, 3.63) is 35.9 Å². The Labute approximate surface area is 97.9 Å². The lowest BCUT2D eigenvalue weighted by atomic mass is 10.2. The minimum absolute atomic E-state index is 0.169. The van der Waals surface area contributed by atoms with Crippen LogP contribution >= 0.6 is 0 Å². The summed E-state index contributed by atoms with van der Waals surface area (Å²) in [5.74, 6) is 0.882. The molecule has 0 amide bonds. The Morgan fingerprint density at radius 3 is 2.50 bits per heavy atom. The molecule has 0 heterocycles. The van der Waals surface area contributed by atoms with Crippen molar-refractivity contribution in [3.63, 3.8) is 0 Å². The molecule has 0 aliphatic rings. The first kappa shape index (κ1) is 12.8. The van der Waals surface area contributed by atoms with Gasteiger partial charge in [-0.2, -0.15) is 0 Å². The Morgan fingerprint density at radius 1 is 1.25 bits per heavy atom. The van der Waals surface area contributed by atoms with E-state index in [1.807, 2.05) is 24.3 Å². The fourth-order valence-corrected chi connectivity index (χ4v) is 1.32. The summed E-state index contributed by atoms with van der Waals surface area (Å²) in [7, 11) is 1.67.